The maximum atomic E-state index is 11.2. The van der Waals surface area contributed by atoms with E-state index < -0.39 is 11.0 Å². The highest BCUT2D eigenvalue weighted by atomic mass is 16.6. The van der Waals surface area contributed by atoms with Gasteiger partial charge < -0.3 is 5.11 Å². The molecule has 5 heteroatoms. The van der Waals surface area contributed by atoms with Crippen LogP contribution in [0.25, 0.3) is 10.8 Å². The molecule has 2 rings (SSSR count). The van der Waals surface area contributed by atoms with Crippen LogP contribution in [0.15, 0.2) is 48.6 Å². The third-order valence-corrected chi connectivity index (χ3v) is 2.88. The first kappa shape index (κ1) is 12.7. The molecule has 0 spiro atoms. The molecule has 0 saturated heterocycles. The molecule has 1 unspecified atom stereocenters. The van der Waals surface area contributed by atoms with Crippen LogP contribution in [0.3, 0.4) is 0 Å². The third kappa shape index (κ3) is 2.17. The van der Waals surface area contributed by atoms with E-state index in [2.05, 4.69) is 6.58 Å². The van der Waals surface area contributed by atoms with Gasteiger partial charge in [0.2, 0.25) is 0 Å². The fraction of sp³-hybridized carbons (Fsp3) is 0.0714. The van der Waals surface area contributed by atoms with Gasteiger partial charge in [-0.25, -0.2) is 0 Å². The highest BCUT2D eigenvalue weighted by Gasteiger charge is 2.25. The van der Waals surface area contributed by atoms with Crippen molar-refractivity contribution in [3.8, 4) is 6.07 Å². The predicted octanol–water partition coefficient (Wildman–Crippen LogP) is 2.86. The molecule has 0 radical (unpaired) electrons. The fourth-order valence-electron chi connectivity index (χ4n) is 1.95. The van der Waals surface area contributed by atoms with Crippen molar-refractivity contribution >= 4 is 16.5 Å². The summed E-state index contributed by atoms with van der Waals surface area (Å²) >= 11 is 0. The molecule has 0 bridgehead atoms. The van der Waals surface area contributed by atoms with Crippen molar-refractivity contribution in [2.75, 3.05) is 0 Å². The van der Waals surface area contributed by atoms with Crippen molar-refractivity contribution in [1.82, 2.24) is 0 Å². The van der Waals surface area contributed by atoms with Crippen LogP contribution >= 0.6 is 0 Å². The molecule has 1 N–H and O–H groups in total. The van der Waals surface area contributed by atoms with Crippen molar-refractivity contribution in [2.45, 2.75) is 6.10 Å². The number of nitro groups is 1. The second-order valence-electron chi connectivity index (χ2n) is 4.02. The van der Waals surface area contributed by atoms with Crippen molar-refractivity contribution < 1.29 is 10.0 Å². The summed E-state index contributed by atoms with van der Waals surface area (Å²) < 4.78 is 0. The van der Waals surface area contributed by atoms with Crippen molar-refractivity contribution in [2.24, 2.45) is 0 Å². The molecule has 0 saturated carbocycles. The van der Waals surface area contributed by atoms with Crippen molar-refractivity contribution in [3.63, 3.8) is 0 Å². The average Bonchev–Trinajstić information content (AvgIpc) is 2.44. The number of rotatable bonds is 3. The molecule has 0 fully saturated rings. The molecule has 2 aromatic rings. The maximum Gasteiger partial charge on any atom is 0.283 e. The van der Waals surface area contributed by atoms with Crippen molar-refractivity contribution in [1.29, 1.82) is 5.26 Å². The Balaban J connectivity index is 2.75. The van der Waals surface area contributed by atoms with Gasteiger partial charge in [-0.1, -0.05) is 30.8 Å². The number of benzene rings is 2. The SMILES string of the molecule is C=C(C#N)C(O)c1ccc2ccccc2c1[N+](=O)[O-]. The van der Waals surface area contributed by atoms with Gasteiger partial charge in [0.15, 0.2) is 0 Å². The monoisotopic (exact) mass is 254 g/mol. The second-order valence-corrected chi connectivity index (χ2v) is 4.02. The third-order valence-electron chi connectivity index (χ3n) is 2.88. The first-order chi connectivity index (χ1) is 9.06. The van der Waals surface area contributed by atoms with Crippen LogP contribution in [0, 0.1) is 21.4 Å². The van der Waals surface area contributed by atoms with Gasteiger partial charge in [0, 0.05) is 0 Å². The first-order valence-corrected chi connectivity index (χ1v) is 5.49. The Morgan fingerprint density at radius 1 is 1.37 bits per heavy atom. The molecule has 1 atom stereocenters. The Morgan fingerprint density at radius 2 is 2.05 bits per heavy atom. The van der Waals surface area contributed by atoms with Crippen LogP contribution in [0.1, 0.15) is 11.7 Å². The zero-order chi connectivity index (χ0) is 14.0. The second kappa shape index (κ2) is 4.88. The average molecular weight is 254 g/mol. The molecular weight excluding hydrogens is 244 g/mol. The molecule has 0 aliphatic rings. The van der Waals surface area contributed by atoms with E-state index in [1.165, 1.54) is 6.07 Å². The van der Waals surface area contributed by atoms with Crippen LogP contribution in [-0.2, 0) is 0 Å². The highest BCUT2D eigenvalue weighted by Crippen LogP contribution is 2.35. The molecule has 0 aliphatic heterocycles. The van der Waals surface area contributed by atoms with E-state index in [1.54, 1.807) is 36.4 Å². The van der Waals surface area contributed by atoms with Gasteiger partial charge in [0.05, 0.1) is 27.5 Å². The van der Waals surface area contributed by atoms with E-state index in [1.807, 2.05) is 0 Å². The van der Waals surface area contributed by atoms with E-state index in [9.17, 15) is 15.2 Å². The number of nitrogens with zero attached hydrogens (tertiary/aromatic N) is 2. The van der Waals surface area contributed by atoms with Crippen LogP contribution in [0.5, 0.6) is 0 Å². The summed E-state index contributed by atoms with van der Waals surface area (Å²) in [7, 11) is 0. The van der Waals surface area contributed by atoms with Gasteiger partial charge in [-0.05, 0) is 17.5 Å². The number of nitriles is 1. The van der Waals surface area contributed by atoms with E-state index >= 15 is 0 Å². The van der Waals surface area contributed by atoms with Crippen molar-refractivity contribution in [3.05, 3.63) is 64.2 Å². The lowest BCUT2D eigenvalue weighted by molar-refractivity contribution is -0.384. The predicted molar refractivity (Wildman–Crippen MR) is 70.3 cm³/mol. The fourth-order valence-corrected chi connectivity index (χ4v) is 1.95. The molecular formula is C14H10N2O3. The van der Waals surface area contributed by atoms with Crippen LogP contribution in [-0.4, -0.2) is 10.0 Å². The lowest BCUT2D eigenvalue weighted by Crippen LogP contribution is -2.04. The summed E-state index contributed by atoms with van der Waals surface area (Å²) in [6.07, 6.45) is -1.37. The summed E-state index contributed by atoms with van der Waals surface area (Å²) in [6.45, 7) is 3.40. The van der Waals surface area contributed by atoms with Crippen LogP contribution in [0.4, 0.5) is 5.69 Å². The smallest absolute Gasteiger partial charge is 0.283 e. The van der Waals surface area contributed by atoms with Crippen LogP contribution in [0.2, 0.25) is 0 Å². The van der Waals surface area contributed by atoms with E-state index in [0.29, 0.717) is 10.8 Å². The Morgan fingerprint density at radius 3 is 2.68 bits per heavy atom. The number of aliphatic hydroxyl groups is 1. The zero-order valence-corrected chi connectivity index (χ0v) is 9.91. The minimum absolute atomic E-state index is 0.0789. The van der Waals surface area contributed by atoms with E-state index in [4.69, 9.17) is 5.26 Å². The summed E-state index contributed by atoms with van der Waals surface area (Å²) in [5.41, 5.74) is -0.240. The Bertz CT molecular complexity index is 716. The van der Waals surface area contributed by atoms with Crippen LogP contribution < -0.4 is 0 Å². The Labute approximate surface area is 109 Å². The minimum atomic E-state index is -1.37. The molecule has 2 aromatic carbocycles. The Hall–Kier alpha value is -2.71. The molecule has 0 heterocycles. The number of aliphatic hydroxyl groups excluding tert-OH is 1. The normalized spacial score (nSPS) is 11.8. The topological polar surface area (TPSA) is 87.2 Å². The Kier molecular flexibility index (Phi) is 3.27. The highest BCUT2D eigenvalue weighted by molar-refractivity contribution is 5.92. The number of nitro benzene ring substituents is 1. The zero-order valence-electron chi connectivity index (χ0n) is 9.91. The summed E-state index contributed by atoms with van der Waals surface area (Å²) in [4.78, 5) is 10.7. The molecule has 19 heavy (non-hydrogen) atoms. The van der Waals surface area contributed by atoms with Gasteiger partial charge in [-0.15, -0.1) is 0 Å². The minimum Gasteiger partial charge on any atom is -0.383 e. The number of hydrogen-bond acceptors (Lipinski definition) is 4. The van der Waals surface area contributed by atoms with Gasteiger partial charge in [-0.2, -0.15) is 5.26 Å². The van der Waals surface area contributed by atoms with Gasteiger partial charge in [0.1, 0.15) is 6.10 Å². The standard InChI is InChI=1S/C14H10N2O3/c1-9(8-15)14(17)12-7-6-10-4-2-3-5-11(10)13(12)16(18)19/h2-7,14,17H,1H2. The maximum absolute atomic E-state index is 11.2. The summed E-state index contributed by atoms with van der Waals surface area (Å²) in [5, 5.41) is 31.0. The van der Waals surface area contributed by atoms with E-state index in [0.717, 1.165) is 0 Å². The number of hydrogen-bond donors (Lipinski definition) is 1. The molecule has 0 amide bonds. The molecule has 5 nitrogen and oxygen atoms in total. The molecule has 0 aromatic heterocycles. The van der Waals surface area contributed by atoms with Gasteiger partial charge >= 0.3 is 0 Å². The lowest BCUT2D eigenvalue weighted by atomic mass is 9.97. The largest absolute Gasteiger partial charge is 0.383 e. The summed E-state index contributed by atoms with van der Waals surface area (Å²) in [5.74, 6) is 0. The quantitative estimate of drug-likeness (QED) is 0.518. The van der Waals surface area contributed by atoms with Gasteiger partial charge in [0.25, 0.3) is 5.69 Å². The first-order valence-electron chi connectivity index (χ1n) is 5.49. The molecule has 94 valence electrons. The lowest BCUT2D eigenvalue weighted by Gasteiger charge is -2.11. The molecule has 0 aliphatic carbocycles. The number of fused-ring (bicyclic) bond motifs is 1. The summed E-state index contributed by atoms with van der Waals surface area (Å²) in [6, 6.07) is 11.7. The van der Waals surface area contributed by atoms with E-state index in [-0.39, 0.29) is 16.8 Å². The van der Waals surface area contributed by atoms with Gasteiger partial charge in [-0.3, -0.25) is 10.1 Å².